The van der Waals surface area contributed by atoms with Crippen LogP contribution in [0.1, 0.15) is 335 Å². The Bertz CT molecular complexity index is 986. The maximum absolute atomic E-state index is 12.4. The number of hydrogen-bond acceptors (Lipinski definition) is 5. The van der Waals surface area contributed by atoms with Gasteiger partial charge in [-0.1, -0.05) is 283 Å². The number of rotatable bonds is 56. The Morgan fingerprint density at radius 2 is 0.712 bits per heavy atom. The van der Waals surface area contributed by atoms with Crippen molar-refractivity contribution < 1.29 is 24.5 Å². The monoisotopic (exact) mass is 932 g/mol. The van der Waals surface area contributed by atoms with Gasteiger partial charge in [-0.25, -0.2) is 0 Å². The van der Waals surface area contributed by atoms with Gasteiger partial charge in [0.2, 0.25) is 5.91 Å². The summed E-state index contributed by atoms with van der Waals surface area (Å²) in [5, 5.41) is 23.2. The quantitative estimate of drug-likeness (QED) is 0.0321. The number of nitrogens with one attached hydrogen (secondary N) is 1. The first kappa shape index (κ1) is 64.6. The second-order valence-electron chi connectivity index (χ2n) is 20.7. The molecule has 0 aromatic heterocycles. The zero-order valence-corrected chi connectivity index (χ0v) is 44.7. The third-order valence-corrected chi connectivity index (χ3v) is 14.1. The molecule has 0 saturated heterocycles. The second kappa shape index (κ2) is 56.2. The van der Waals surface area contributed by atoms with E-state index < -0.39 is 12.1 Å². The summed E-state index contributed by atoms with van der Waals surface area (Å²) in [5.41, 5.74) is 0. The topological polar surface area (TPSA) is 95.9 Å². The number of aliphatic hydroxyl groups excluding tert-OH is 2. The highest BCUT2D eigenvalue weighted by atomic mass is 16.5. The first-order valence-corrected chi connectivity index (χ1v) is 29.9. The van der Waals surface area contributed by atoms with Gasteiger partial charge in [0.1, 0.15) is 0 Å². The zero-order valence-electron chi connectivity index (χ0n) is 44.7. The lowest BCUT2D eigenvalue weighted by molar-refractivity contribution is -0.143. The molecule has 0 saturated carbocycles. The van der Waals surface area contributed by atoms with E-state index in [-0.39, 0.29) is 18.5 Å². The van der Waals surface area contributed by atoms with Crippen LogP contribution in [0.25, 0.3) is 0 Å². The number of unbranched alkanes of at least 4 members (excludes halogenated alkanes) is 43. The Hall–Kier alpha value is -1.40. The van der Waals surface area contributed by atoms with Crippen molar-refractivity contribution in [3.8, 4) is 0 Å². The lowest BCUT2D eigenvalue weighted by Crippen LogP contribution is -2.45. The normalized spacial score (nSPS) is 12.6. The molecule has 0 aromatic rings. The number of aliphatic hydroxyl groups is 2. The van der Waals surface area contributed by atoms with Crippen LogP contribution in [0.2, 0.25) is 0 Å². The standard InChI is InChI=1S/C60H117NO5/c1-3-5-7-9-11-13-15-17-26-30-34-38-42-46-50-54-60(65)66-55-51-47-43-39-35-31-28-25-23-21-19-18-20-22-24-27-29-33-37-41-45-49-53-59(64)61-57(56-62)58(63)52-48-44-40-36-32-16-14-12-10-8-6-4-2/h20,22,57-58,62-63H,3-19,21,23-56H2,1-2H3,(H,61,64)/b22-20-. The van der Waals surface area contributed by atoms with Crippen molar-refractivity contribution in [3.05, 3.63) is 12.2 Å². The number of carbonyl (C=O) groups excluding carboxylic acids is 2. The van der Waals surface area contributed by atoms with E-state index in [0.29, 0.717) is 25.9 Å². The Balaban J connectivity index is 3.38. The van der Waals surface area contributed by atoms with E-state index in [1.54, 1.807) is 0 Å². The van der Waals surface area contributed by atoms with Gasteiger partial charge >= 0.3 is 5.97 Å². The van der Waals surface area contributed by atoms with Gasteiger partial charge in [0.25, 0.3) is 0 Å². The van der Waals surface area contributed by atoms with Crippen LogP contribution in [0.3, 0.4) is 0 Å². The van der Waals surface area contributed by atoms with Crippen LogP contribution in [0.5, 0.6) is 0 Å². The van der Waals surface area contributed by atoms with Gasteiger partial charge in [-0.3, -0.25) is 9.59 Å². The number of esters is 1. The van der Waals surface area contributed by atoms with Crippen LogP contribution < -0.4 is 5.32 Å². The molecule has 0 fully saturated rings. The summed E-state index contributed by atoms with van der Waals surface area (Å²) in [7, 11) is 0. The highest BCUT2D eigenvalue weighted by Crippen LogP contribution is 2.17. The molecule has 2 atom stereocenters. The largest absolute Gasteiger partial charge is 0.466 e. The molecule has 0 heterocycles. The van der Waals surface area contributed by atoms with E-state index >= 15 is 0 Å². The average molecular weight is 933 g/mol. The van der Waals surface area contributed by atoms with E-state index in [1.807, 2.05) is 0 Å². The van der Waals surface area contributed by atoms with Crippen molar-refractivity contribution in [2.45, 2.75) is 347 Å². The molecule has 1 amide bonds. The Morgan fingerprint density at radius 1 is 0.409 bits per heavy atom. The summed E-state index contributed by atoms with van der Waals surface area (Å²) in [6, 6.07) is -0.544. The van der Waals surface area contributed by atoms with Crippen molar-refractivity contribution in [2.75, 3.05) is 13.2 Å². The van der Waals surface area contributed by atoms with E-state index in [0.717, 1.165) is 38.5 Å². The van der Waals surface area contributed by atoms with Crippen LogP contribution in [-0.2, 0) is 14.3 Å². The van der Waals surface area contributed by atoms with Gasteiger partial charge in [0, 0.05) is 12.8 Å². The third-order valence-electron chi connectivity index (χ3n) is 14.1. The lowest BCUT2D eigenvalue weighted by atomic mass is 10.0. The summed E-state index contributed by atoms with van der Waals surface area (Å²) in [4.78, 5) is 24.5. The SMILES string of the molecule is CCCCCCCCCCCCCCCCCC(=O)OCCCCCCCCCCCCC/C=C\CCCCCCCCCC(=O)NC(CO)C(O)CCCCCCCCCCCCCC. The van der Waals surface area contributed by atoms with Gasteiger partial charge in [0.05, 0.1) is 25.4 Å². The predicted octanol–water partition coefficient (Wildman–Crippen LogP) is 18.5. The first-order chi connectivity index (χ1) is 32.5. The maximum Gasteiger partial charge on any atom is 0.305 e. The average Bonchev–Trinajstić information content (AvgIpc) is 3.32. The summed E-state index contributed by atoms with van der Waals surface area (Å²) in [5.74, 6) is -0.0278. The molecular formula is C60H117NO5. The molecule has 0 aliphatic rings. The molecule has 0 aliphatic heterocycles. The third kappa shape index (κ3) is 52.0. The summed E-state index contributed by atoms with van der Waals surface area (Å²) in [6.07, 6.45) is 66.4. The molecule has 2 unspecified atom stereocenters. The van der Waals surface area contributed by atoms with Crippen LogP contribution in [0, 0.1) is 0 Å². The van der Waals surface area contributed by atoms with Crippen LogP contribution in [0.4, 0.5) is 0 Å². The molecule has 0 aliphatic carbocycles. The van der Waals surface area contributed by atoms with Crippen molar-refractivity contribution >= 4 is 11.9 Å². The fourth-order valence-corrected chi connectivity index (χ4v) is 9.46. The summed E-state index contributed by atoms with van der Waals surface area (Å²) < 4.78 is 5.49. The Morgan fingerprint density at radius 3 is 1.08 bits per heavy atom. The number of ether oxygens (including phenoxy) is 1. The van der Waals surface area contributed by atoms with E-state index in [2.05, 4.69) is 31.3 Å². The van der Waals surface area contributed by atoms with Crippen LogP contribution in [-0.4, -0.2) is 47.4 Å². The van der Waals surface area contributed by atoms with Crippen molar-refractivity contribution in [2.24, 2.45) is 0 Å². The van der Waals surface area contributed by atoms with Gasteiger partial charge in [0.15, 0.2) is 0 Å². The van der Waals surface area contributed by atoms with E-state index in [1.165, 1.54) is 263 Å². The Kier molecular flexibility index (Phi) is 55.0. The van der Waals surface area contributed by atoms with E-state index in [9.17, 15) is 19.8 Å². The predicted molar refractivity (Wildman–Crippen MR) is 287 cm³/mol. The van der Waals surface area contributed by atoms with Crippen LogP contribution >= 0.6 is 0 Å². The minimum absolute atomic E-state index is 0.0133. The minimum atomic E-state index is -0.666. The first-order valence-electron chi connectivity index (χ1n) is 29.9. The molecule has 0 rings (SSSR count). The molecule has 6 heteroatoms. The van der Waals surface area contributed by atoms with E-state index in [4.69, 9.17) is 4.74 Å². The minimum Gasteiger partial charge on any atom is -0.466 e. The number of allylic oxidation sites excluding steroid dienone is 2. The van der Waals surface area contributed by atoms with Crippen molar-refractivity contribution in [3.63, 3.8) is 0 Å². The fraction of sp³-hybridized carbons (Fsp3) is 0.933. The fourth-order valence-electron chi connectivity index (χ4n) is 9.46. The smallest absolute Gasteiger partial charge is 0.305 e. The molecule has 0 aromatic carbocycles. The van der Waals surface area contributed by atoms with Crippen molar-refractivity contribution in [1.82, 2.24) is 5.32 Å². The van der Waals surface area contributed by atoms with Gasteiger partial charge < -0.3 is 20.3 Å². The van der Waals surface area contributed by atoms with Crippen molar-refractivity contribution in [1.29, 1.82) is 0 Å². The number of amides is 1. The number of carbonyl (C=O) groups is 2. The zero-order chi connectivity index (χ0) is 47.9. The maximum atomic E-state index is 12.4. The molecule has 0 spiro atoms. The number of hydrogen-bond donors (Lipinski definition) is 3. The molecule has 0 bridgehead atoms. The molecular weight excluding hydrogens is 815 g/mol. The van der Waals surface area contributed by atoms with Gasteiger partial charge in [-0.05, 0) is 51.4 Å². The Labute approximate surface area is 412 Å². The van der Waals surface area contributed by atoms with Gasteiger partial charge in [-0.15, -0.1) is 0 Å². The summed E-state index contributed by atoms with van der Waals surface area (Å²) in [6.45, 7) is 4.96. The highest BCUT2D eigenvalue weighted by Gasteiger charge is 2.20. The summed E-state index contributed by atoms with van der Waals surface area (Å²) >= 11 is 0. The molecule has 0 radical (unpaired) electrons. The van der Waals surface area contributed by atoms with Gasteiger partial charge in [-0.2, -0.15) is 0 Å². The molecule has 3 N–H and O–H groups in total. The molecule has 6 nitrogen and oxygen atoms in total. The highest BCUT2D eigenvalue weighted by molar-refractivity contribution is 5.76. The lowest BCUT2D eigenvalue weighted by Gasteiger charge is -2.22. The molecule has 66 heavy (non-hydrogen) atoms. The second-order valence-corrected chi connectivity index (χ2v) is 20.7. The molecule has 392 valence electrons. The van der Waals surface area contributed by atoms with Crippen LogP contribution in [0.15, 0.2) is 12.2 Å².